The Morgan fingerprint density at radius 3 is 3.10 bits per heavy atom. The summed E-state index contributed by atoms with van der Waals surface area (Å²) in [5.74, 6) is 0.0663. The van der Waals surface area contributed by atoms with E-state index in [1.807, 2.05) is 6.92 Å². The second-order valence-electron chi connectivity index (χ2n) is 5.23. The van der Waals surface area contributed by atoms with Crippen molar-refractivity contribution in [2.45, 2.75) is 18.6 Å². The molecule has 0 aliphatic carbocycles. The third kappa shape index (κ3) is 2.18. The van der Waals surface area contributed by atoms with Crippen molar-refractivity contribution < 1.29 is 14.1 Å². The fraction of sp³-hybridized carbons (Fsp3) is 0.462. The first-order chi connectivity index (χ1) is 9.94. The van der Waals surface area contributed by atoms with Crippen LogP contribution in [0.4, 0.5) is 10.1 Å². The number of halogens is 1. The van der Waals surface area contributed by atoms with Crippen molar-refractivity contribution in [3.05, 3.63) is 39.7 Å². The van der Waals surface area contributed by atoms with Crippen LogP contribution in [0.5, 0.6) is 0 Å². The number of nitro groups is 1. The molecular weight excluding hydrogens is 297 g/mol. The number of amidine groups is 1. The molecule has 2 N–H and O–H groups in total. The zero-order valence-electron chi connectivity index (χ0n) is 11.3. The van der Waals surface area contributed by atoms with Gasteiger partial charge in [-0.05, 0) is 13.0 Å². The van der Waals surface area contributed by atoms with Gasteiger partial charge in [0.1, 0.15) is 11.4 Å². The number of benzene rings is 1. The maximum Gasteiger partial charge on any atom is 0.270 e. The van der Waals surface area contributed by atoms with Crippen LogP contribution in [0.25, 0.3) is 0 Å². The second kappa shape index (κ2) is 4.96. The largest absolute Gasteiger partial charge is 0.379 e. The van der Waals surface area contributed by atoms with Crippen LogP contribution in [0.2, 0.25) is 0 Å². The molecule has 2 aliphatic heterocycles. The van der Waals surface area contributed by atoms with Crippen LogP contribution in [0.1, 0.15) is 12.5 Å². The van der Waals surface area contributed by atoms with E-state index in [1.54, 1.807) is 0 Å². The summed E-state index contributed by atoms with van der Waals surface area (Å²) in [5, 5.41) is 11.3. The van der Waals surface area contributed by atoms with Crippen LogP contribution < -0.4 is 5.73 Å². The number of nitrogens with two attached hydrogens (primary N) is 1. The number of hydrogen-bond donors (Lipinski definition) is 1. The first kappa shape index (κ1) is 14.3. The number of ether oxygens (including phenoxy) is 1. The Bertz CT molecular complexity index is 639. The average Bonchev–Trinajstić information content (AvgIpc) is 2.76. The highest BCUT2D eigenvalue weighted by molar-refractivity contribution is 8.13. The van der Waals surface area contributed by atoms with Crippen LogP contribution in [-0.4, -0.2) is 28.6 Å². The lowest BCUT2D eigenvalue weighted by Crippen LogP contribution is -2.41. The highest BCUT2D eigenvalue weighted by atomic mass is 32.2. The lowest BCUT2D eigenvalue weighted by atomic mass is 9.79. The lowest BCUT2D eigenvalue weighted by molar-refractivity contribution is -0.385. The second-order valence-corrected chi connectivity index (χ2v) is 6.27. The van der Waals surface area contributed by atoms with Crippen molar-refractivity contribution in [1.29, 1.82) is 0 Å². The van der Waals surface area contributed by atoms with Crippen LogP contribution in [0, 0.1) is 21.8 Å². The summed E-state index contributed by atoms with van der Waals surface area (Å²) in [6.07, 6.45) is -0.104. The Morgan fingerprint density at radius 2 is 2.38 bits per heavy atom. The molecule has 1 aromatic carbocycles. The first-order valence-corrected chi connectivity index (χ1v) is 7.47. The number of nitrogens with zero attached hydrogens (tertiary/aromatic N) is 2. The maximum atomic E-state index is 14.3. The van der Waals surface area contributed by atoms with Crippen LogP contribution in [-0.2, 0) is 10.3 Å². The summed E-state index contributed by atoms with van der Waals surface area (Å²) < 4.78 is 20.0. The van der Waals surface area contributed by atoms with E-state index >= 15 is 0 Å². The Hall–Kier alpha value is -1.67. The number of non-ortho nitro benzene ring substituents is 1. The van der Waals surface area contributed by atoms with E-state index in [0.717, 1.165) is 12.1 Å². The summed E-state index contributed by atoms with van der Waals surface area (Å²) >= 11 is 1.40. The van der Waals surface area contributed by atoms with Crippen molar-refractivity contribution in [2.24, 2.45) is 16.6 Å². The Balaban J connectivity index is 2.18. The normalized spacial score (nSPS) is 31.6. The van der Waals surface area contributed by atoms with Gasteiger partial charge in [0.25, 0.3) is 5.69 Å². The molecule has 3 atom stereocenters. The smallest absolute Gasteiger partial charge is 0.270 e. The first-order valence-electron chi connectivity index (χ1n) is 6.48. The molecule has 0 saturated carbocycles. The van der Waals surface area contributed by atoms with E-state index in [1.165, 1.54) is 17.8 Å². The number of nitro benzene ring substituents is 1. The quantitative estimate of drug-likeness (QED) is 0.666. The molecule has 0 bridgehead atoms. The van der Waals surface area contributed by atoms with Gasteiger partial charge in [-0.15, -0.1) is 0 Å². The Labute approximate surface area is 124 Å². The van der Waals surface area contributed by atoms with Crippen LogP contribution in [0.15, 0.2) is 23.2 Å². The van der Waals surface area contributed by atoms with E-state index in [0.29, 0.717) is 10.9 Å². The molecule has 2 heterocycles. The molecule has 0 amide bonds. The minimum atomic E-state index is -0.967. The van der Waals surface area contributed by atoms with E-state index in [9.17, 15) is 14.5 Å². The van der Waals surface area contributed by atoms with Gasteiger partial charge >= 0.3 is 0 Å². The van der Waals surface area contributed by atoms with Gasteiger partial charge in [-0.1, -0.05) is 11.8 Å². The minimum Gasteiger partial charge on any atom is -0.379 e. The van der Waals surface area contributed by atoms with Gasteiger partial charge in [0.15, 0.2) is 5.17 Å². The predicted octanol–water partition coefficient (Wildman–Crippen LogP) is 2.03. The molecule has 112 valence electrons. The predicted molar refractivity (Wildman–Crippen MR) is 77.7 cm³/mol. The van der Waals surface area contributed by atoms with Gasteiger partial charge in [0.05, 0.1) is 17.6 Å². The number of fused-ring (bicyclic) bond motifs is 1. The minimum absolute atomic E-state index is 0.0636. The molecule has 2 aliphatic rings. The highest BCUT2D eigenvalue weighted by Crippen LogP contribution is 2.48. The van der Waals surface area contributed by atoms with E-state index in [4.69, 9.17) is 10.5 Å². The van der Waals surface area contributed by atoms with Gasteiger partial charge in [-0.25, -0.2) is 9.38 Å². The summed E-state index contributed by atoms with van der Waals surface area (Å²) in [4.78, 5) is 14.8. The van der Waals surface area contributed by atoms with E-state index in [2.05, 4.69) is 4.99 Å². The molecule has 0 spiro atoms. The van der Waals surface area contributed by atoms with Crippen LogP contribution in [0.3, 0.4) is 0 Å². The van der Waals surface area contributed by atoms with Crippen molar-refractivity contribution >= 4 is 22.6 Å². The van der Waals surface area contributed by atoms with Gasteiger partial charge in [-0.2, -0.15) is 0 Å². The third-order valence-electron chi connectivity index (χ3n) is 4.09. The van der Waals surface area contributed by atoms with Crippen molar-refractivity contribution in [3.8, 4) is 0 Å². The Morgan fingerprint density at radius 1 is 1.62 bits per heavy atom. The molecule has 1 saturated heterocycles. The molecule has 1 aromatic rings. The molecule has 8 heteroatoms. The molecule has 3 rings (SSSR count). The molecule has 0 radical (unpaired) electrons. The molecule has 0 aromatic heterocycles. The monoisotopic (exact) mass is 311 g/mol. The fourth-order valence-electron chi connectivity index (χ4n) is 2.96. The van der Waals surface area contributed by atoms with Gasteiger partial charge < -0.3 is 10.5 Å². The Kier molecular flexibility index (Phi) is 3.37. The number of thioether (sulfide) groups is 1. The molecular formula is C13H14FN3O3S. The van der Waals surface area contributed by atoms with E-state index < -0.39 is 16.3 Å². The third-order valence-corrected chi connectivity index (χ3v) is 5.01. The maximum absolute atomic E-state index is 14.3. The summed E-state index contributed by atoms with van der Waals surface area (Å²) in [6, 6.07) is 3.50. The summed E-state index contributed by atoms with van der Waals surface area (Å²) in [5.41, 5.74) is 4.87. The van der Waals surface area contributed by atoms with Crippen LogP contribution >= 0.6 is 11.8 Å². The molecule has 6 nitrogen and oxygen atoms in total. The number of rotatable bonds is 2. The lowest BCUT2D eigenvalue weighted by Gasteiger charge is -2.35. The van der Waals surface area contributed by atoms with Gasteiger partial charge in [0, 0.05) is 29.4 Å². The van der Waals surface area contributed by atoms with Crippen molar-refractivity contribution in [1.82, 2.24) is 0 Å². The standard InChI is InChI=1S/C13H14FN3O3S/c1-7-10-5-21-12(15)16-13(10,6-20-7)9-4-8(17(18)19)2-3-11(9)14/h2-4,7,10H,5-6H2,1H3,(H2,15,16)/t7-,10+,13-/m0/s1. The molecule has 1 fully saturated rings. The number of aliphatic imine (C=N–C) groups is 1. The highest BCUT2D eigenvalue weighted by Gasteiger charge is 2.53. The van der Waals surface area contributed by atoms with Crippen molar-refractivity contribution in [3.63, 3.8) is 0 Å². The van der Waals surface area contributed by atoms with Gasteiger partial charge in [0.2, 0.25) is 0 Å². The van der Waals surface area contributed by atoms with E-state index in [-0.39, 0.29) is 29.9 Å². The SMILES string of the molecule is C[C@@H]1OC[C@@]2(c3cc([N+](=O)[O-])ccc3F)N=C(N)SC[C@H]12. The summed E-state index contributed by atoms with van der Waals surface area (Å²) in [6.45, 7) is 2.08. The fourth-order valence-corrected chi connectivity index (χ4v) is 4.08. The zero-order chi connectivity index (χ0) is 15.2. The molecule has 0 unspecified atom stereocenters. The number of hydrogen-bond acceptors (Lipinski definition) is 6. The zero-order valence-corrected chi connectivity index (χ0v) is 12.1. The summed E-state index contributed by atoms with van der Waals surface area (Å²) in [7, 11) is 0. The average molecular weight is 311 g/mol. The topological polar surface area (TPSA) is 90.8 Å². The molecule has 21 heavy (non-hydrogen) atoms. The van der Waals surface area contributed by atoms with Crippen molar-refractivity contribution in [2.75, 3.05) is 12.4 Å². The van der Waals surface area contributed by atoms with Gasteiger partial charge in [-0.3, -0.25) is 10.1 Å².